The number of hydrogen-bond donors (Lipinski definition) is 0. The largest absolute Gasteiger partial charge is 0.298 e. The van der Waals surface area contributed by atoms with Gasteiger partial charge in [0.15, 0.2) is 0 Å². The third kappa shape index (κ3) is 4.42. The van der Waals surface area contributed by atoms with E-state index in [1.807, 2.05) is 0 Å². The van der Waals surface area contributed by atoms with Crippen molar-refractivity contribution in [3.63, 3.8) is 0 Å². The highest BCUT2D eigenvalue weighted by Gasteiger charge is 2.31. The number of hydrogen-bond acceptors (Lipinski definition) is 5. The van der Waals surface area contributed by atoms with Gasteiger partial charge in [0, 0.05) is 44.4 Å². The lowest BCUT2D eigenvalue weighted by Gasteiger charge is -2.39. The fraction of sp³-hybridized carbons (Fsp3) is 0.667. The summed E-state index contributed by atoms with van der Waals surface area (Å²) in [5.74, 6) is 0. The van der Waals surface area contributed by atoms with Crippen LogP contribution >= 0.6 is 0 Å². The van der Waals surface area contributed by atoms with Crippen LogP contribution < -0.4 is 0 Å². The second-order valence-corrected chi connectivity index (χ2v) is 9.13. The molecule has 7 nitrogen and oxygen atoms in total. The van der Waals surface area contributed by atoms with Crippen molar-refractivity contribution in [3.8, 4) is 0 Å². The Morgan fingerprint density at radius 3 is 1.96 bits per heavy atom. The number of rotatable bonds is 4. The van der Waals surface area contributed by atoms with Gasteiger partial charge in [-0.1, -0.05) is 32.1 Å². The third-order valence-corrected chi connectivity index (χ3v) is 7.46. The summed E-state index contributed by atoms with van der Waals surface area (Å²) in [7, 11) is -3.59. The van der Waals surface area contributed by atoms with E-state index in [1.54, 1.807) is 0 Å². The van der Waals surface area contributed by atoms with Crippen molar-refractivity contribution in [1.29, 1.82) is 0 Å². The molecule has 26 heavy (non-hydrogen) atoms. The number of nitro groups is 1. The average molecular weight is 381 g/mol. The minimum absolute atomic E-state index is 0.0990. The molecule has 1 aromatic rings. The van der Waals surface area contributed by atoms with Crippen LogP contribution in [0.25, 0.3) is 0 Å². The summed E-state index contributed by atoms with van der Waals surface area (Å²) >= 11 is 0. The zero-order chi connectivity index (χ0) is 18.6. The van der Waals surface area contributed by atoms with Gasteiger partial charge in [0.05, 0.1) is 9.82 Å². The van der Waals surface area contributed by atoms with Crippen LogP contribution in [-0.4, -0.2) is 54.8 Å². The number of sulfonamides is 1. The first-order valence-electron chi connectivity index (χ1n) is 9.47. The SMILES string of the molecule is O=[N+]([O-])c1ccc(S(=O)(=O)N2CCN(C3CCCCCCC3)CC2)cc1. The van der Waals surface area contributed by atoms with Crippen molar-refractivity contribution in [2.45, 2.75) is 55.9 Å². The summed E-state index contributed by atoms with van der Waals surface area (Å²) in [6.07, 6.45) is 8.94. The molecule has 8 heteroatoms. The second kappa shape index (κ2) is 8.45. The molecular formula is C18H27N3O4S. The average Bonchev–Trinajstić information content (AvgIpc) is 2.62. The Hall–Kier alpha value is -1.51. The van der Waals surface area contributed by atoms with E-state index in [2.05, 4.69) is 4.90 Å². The van der Waals surface area contributed by atoms with Crippen molar-refractivity contribution in [1.82, 2.24) is 9.21 Å². The molecule has 0 radical (unpaired) electrons. The van der Waals surface area contributed by atoms with E-state index in [-0.39, 0.29) is 10.6 Å². The summed E-state index contributed by atoms with van der Waals surface area (Å²) in [4.78, 5) is 12.8. The topological polar surface area (TPSA) is 83.8 Å². The van der Waals surface area contributed by atoms with E-state index in [9.17, 15) is 18.5 Å². The summed E-state index contributed by atoms with van der Waals surface area (Å²) in [5, 5.41) is 10.7. The van der Waals surface area contributed by atoms with Gasteiger partial charge in [-0.3, -0.25) is 15.0 Å². The molecule has 1 saturated heterocycles. The van der Waals surface area contributed by atoms with E-state index in [0.717, 1.165) is 13.1 Å². The predicted molar refractivity (Wildman–Crippen MR) is 99.5 cm³/mol. The Balaban J connectivity index is 1.61. The van der Waals surface area contributed by atoms with Gasteiger partial charge in [0.25, 0.3) is 5.69 Å². The van der Waals surface area contributed by atoms with Gasteiger partial charge in [-0.25, -0.2) is 8.42 Å². The molecule has 0 aromatic heterocycles. The van der Waals surface area contributed by atoms with Crippen molar-refractivity contribution < 1.29 is 13.3 Å². The molecule has 3 rings (SSSR count). The number of non-ortho nitro benzene ring substituents is 1. The van der Waals surface area contributed by atoms with E-state index in [0.29, 0.717) is 19.1 Å². The Morgan fingerprint density at radius 2 is 1.42 bits per heavy atom. The Bertz CT molecular complexity index is 704. The van der Waals surface area contributed by atoms with E-state index < -0.39 is 14.9 Å². The van der Waals surface area contributed by atoms with E-state index in [4.69, 9.17) is 0 Å². The molecule has 1 heterocycles. The minimum atomic E-state index is -3.59. The maximum absolute atomic E-state index is 12.8. The first kappa shape index (κ1) is 19.3. The minimum Gasteiger partial charge on any atom is -0.298 e. The smallest absolute Gasteiger partial charge is 0.269 e. The molecule has 0 atom stereocenters. The van der Waals surface area contributed by atoms with Crippen molar-refractivity contribution in [3.05, 3.63) is 34.4 Å². The lowest BCUT2D eigenvalue weighted by atomic mass is 9.95. The molecule has 0 amide bonds. The standard InChI is InChI=1S/C18H27N3O4S/c22-21(23)17-8-10-18(11-9-17)26(24,25)20-14-12-19(13-15-20)16-6-4-2-1-3-5-7-16/h8-11,16H,1-7,12-15H2. The number of nitro benzene ring substituents is 1. The van der Waals surface area contributed by atoms with Crippen LogP contribution in [0.5, 0.6) is 0 Å². The van der Waals surface area contributed by atoms with Crippen LogP contribution in [-0.2, 0) is 10.0 Å². The van der Waals surface area contributed by atoms with Gasteiger partial charge >= 0.3 is 0 Å². The fourth-order valence-electron chi connectivity index (χ4n) is 4.00. The summed E-state index contributed by atoms with van der Waals surface area (Å²) in [6, 6.07) is 5.73. The fourth-order valence-corrected chi connectivity index (χ4v) is 5.42. The molecule has 1 saturated carbocycles. The van der Waals surface area contributed by atoms with Crippen LogP contribution in [0, 0.1) is 10.1 Å². The number of piperazine rings is 1. The Labute approximate surface area is 155 Å². The van der Waals surface area contributed by atoms with Crippen molar-refractivity contribution in [2.75, 3.05) is 26.2 Å². The molecular weight excluding hydrogens is 354 g/mol. The summed E-state index contributed by atoms with van der Waals surface area (Å²) in [5.41, 5.74) is -0.0990. The quantitative estimate of drug-likeness (QED) is 0.591. The summed E-state index contributed by atoms with van der Waals surface area (Å²) < 4.78 is 27.1. The normalized spacial score (nSPS) is 21.8. The molecule has 0 N–H and O–H groups in total. The third-order valence-electron chi connectivity index (χ3n) is 5.55. The first-order valence-corrected chi connectivity index (χ1v) is 10.9. The summed E-state index contributed by atoms with van der Waals surface area (Å²) in [6.45, 7) is 2.49. The molecule has 0 spiro atoms. The van der Waals surface area contributed by atoms with Crippen LogP contribution in [0.15, 0.2) is 29.2 Å². The molecule has 0 bridgehead atoms. The van der Waals surface area contributed by atoms with Crippen LogP contribution in [0.3, 0.4) is 0 Å². The van der Waals surface area contributed by atoms with Gasteiger partial charge in [-0.15, -0.1) is 0 Å². The van der Waals surface area contributed by atoms with Crippen LogP contribution in [0.4, 0.5) is 5.69 Å². The second-order valence-electron chi connectivity index (χ2n) is 7.19. The highest BCUT2D eigenvalue weighted by atomic mass is 32.2. The zero-order valence-corrected chi connectivity index (χ0v) is 15.9. The maximum atomic E-state index is 12.8. The van der Waals surface area contributed by atoms with Crippen LogP contribution in [0.2, 0.25) is 0 Å². The molecule has 0 unspecified atom stereocenters. The van der Waals surface area contributed by atoms with Gasteiger partial charge in [-0.05, 0) is 25.0 Å². The van der Waals surface area contributed by atoms with E-state index in [1.165, 1.54) is 73.5 Å². The molecule has 1 aliphatic carbocycles. The van der Waals surface area contributed by atoms with Gasteiger partial charge in [-0.2, -0.15) is 4.31 Å². The highest BCUT2D eigenvalue weighted by Crippen LogP contribution is 2.25. The maximum Gasteiger partial charge on any atom is 0.269 e. The molecule has 2 aliphatic rings. The van der Waals surface area contributed by atoms with Crippen LogP contribution in [0.1, 0.15) is 44.9 Å². The molecule has 1 aromatic carbocycles. The van der Waals surface area contributed by atoms with Crippen molar-refractivity contribution in [2.24, 2.45) is 0 Å². The van der Waals surface area contributed by atoms with Gasteiger partial charge in [0.1, 0.15) is 0 Å². The number of benzene rings is 1. The Kier molecular flexibility index (Phi) is 6.26. The lowest BCUT2D eigenvalue weighted by Crippen LogP contribution is -2.51. The van der Waals surface area contributed by atoms with Crippen molar-refractivity contribution >= 4 is 15.7 Å². The monoisotopic (exact) mass is 381 g/mol. The lowest BCUT2D eigenvalue weighted by molar-refractivity contribution is -0.384. The molecule has 2 fully saturated rings. The zero-order valence-electron chi connectivity index (χ0n) is 15.0. The van der Waals surface area contributed by atoms with Gasteiger partial charge < -0.3 is 0 Å². The van der Waals surface area contributed by atoms with E-state index >= 15 is 0 Å². The first-order chi connectivity index (χ1) is 12.5. The molecule has 1 aliphatic heterocycles. The Morgan fingerprint density at radius 1 is 0.885 bits per heavy atom. The van der Waals surface area contributed by atoms with Gasteiger partial charge in [0.2, 0.25) is 10.0 Å². The number of nitrogens with zero attached hydrogens (tertiary/aromatic N) is 3. The highest BCUT2D eigenvalue weighted by molar-refractivity contribution is 7.89. The predicted octanol–water partition coefficient (Wildman–Crippen LogP) is 3.01. The molecule has 144 valence electrons.